The summed E-state index contributed by atoms with van der Waals surface area (Å²) < 4.78 is 5.95. The topological polar surface area (TPSA) is 25.2 Å². The lowest BCUT2D eigenvalue weighted by Crippen LogP contribution is -2.22. The van der Waals surface area contributed by atoms with Crippen LogP contribution in [0, 0.1) is 0 Å². The molecular weight excluding hydrogens is 242 g/mol. The molecule has 18 heavy (non-hydrogen) atoms. The van der Waals surface area contributed by atoms with Gasteiger partial charge in [-0.15, -0.1) is 0 Å². The quantitative estimate of drug-likeness (QED) is 0.809. The predicted molar refractivity (Wildman–Crippen MR) is 80.2 cm³/mol. The largest absolute Gasteiger partial charge is 0.459 e. The molecule has 0 aliphatic carbocycles. The van der Waals surface area contributed by atoms with Crippen LogP contribution in [0.5, 0.6) is 0 Å². The van der Waals surface area contributed by atoms with Crippen molar-refractivity contribution in [2.24, 2.45) is 0 Å². The lowest BCUT2D eigenvalue weighted by atomic mass is 10.1. The van der Waals surface area contributed by atoms with E-state index in [1.807, 2.05) is 23.9 Å². The van der Waals surface area contributed by atoms with Crippen molar-refractivity contribution in [3.8, 4) is 0 Å². The van der Waals surface area contributed by atoms with Crippen LogP contribution < -0.4 is 5.32 Å². The highest BCUT2D eigenvalue weighted by molar-refractivity contribution is 7.98. The molecule has 0 radical (unpaired) electrons. The van der Waals surface area contributed by atoms with E-state index in [-0.39, 0.29) is 0 Å². The number of benzene rings is 1. The molecule has 98 valence electrons. The number of rotatable bonds is 7. The molecular formula is C15H21NOS. The molecule has 1 aromatic carbocycles. The Hall–Kier alpha value is -0.930. The van der Waals surface area contributed by atoms with Crippen LogP contribution in [0.15, 0.2) is 34.7 Å². The van der Waals surface area contributed by atoms with Crippen LogP contribution in [-0.2, 0) is 0 Å². The van der Waals surface area contributed by atoms with E-state index in [1.54, 1.807) is 0 Å². The minimum absolute atomic E-state index is 0.338. The van der Waals surface area contributed by atoms with Crippen LogP contribution >= 0.6 is 11.8 Å². The number of para-hydroxylation sites is 1. The van der Waals surface area contributed by atoms with Gasteiger partial charge in [0.05, 0.1) is 6.04 Å². The monoisotopic (exact) mass is 263 g/mol. The fourth-order valence-corrected chi connectivity index (χ4v) is 2.54. The Morgan fingerprint density at radius 3 is 2.89 bits per heavy atom. The third kappa shape index (κ3) is 3.30. The molecule has 0 saturated carbocycles. The van der Waals surface area contributed by atoms with Crippen LogP contribution in [0.1, 0.15) is 31.6 Å². The van der Waals surface area contributed by atoms with Crippen LogP contribution in [0.3, 0.4) is 0 Å². The van der Waals surface area contributed by atoms with Crippen LogP contribution in [0.25, 0.3) is 11.0 Å². The van der Waals surface area contributed by atoms with E-state index >= 15 is 0 Å². The molecule has 2 aromatic rings. The van der Waals surface area contributed by atoms with Gasteiger partial charge in [0, 0.05) is 5.39 Å². The Balaban J connectivity index is 2.17. The number of thioether (sulfide) groups is 1. The van der Waals surface area contributed by atoms with E-state index in [0.29, 0.717) is 6.04 Å². The van der Waals surface area contributed by atoms with Gasteiger partial charge in [-0.2, -0.15) is 11.8 Å². The van der Waals surface area contributed by atoms with E-state index in [1.165, 1.54) is 5.39 Å². The van der Waals surface area contributed by atoms with Gasteiger partial charge in [-0.25, -0.2) is 0 Å². The molecule has 0 aliphatic rings. The molecule has 1 unspecified atom stereocenters. The maximum absolute atomic E-state index is 5.95. The first kappa shape index (κ1) is 13.5. The summed E-state index contributed by atoms with van der Waals surface area (Å²) >= 11 is 1.88. The van der Waals surface area contributed by atoms with Gasteiger partial charge in [0.25, 0.3) is 0 Å². The molecule has 0 aliphatic heterocycles. The SMILES string of the molecule is CCCNC(CCSC)c1cc2ccccc2o1. The summed E-state index contributed by atoms with van der Waals surface area (Å²) in [6.07, 6.45) is 4.41. The van der Waals surface area contributed by atoms with Crippen molar-refractivity contribution in [2.75, 3.05) is 18.6 Å². The highest BCUT2D eigenvalue weighted by Crippen LogP contribution is 2.26. The predicted octanol–water partition coefficient (Wildman–Crippen LogP) is 4.23. The zero-order valence-electron chi connectivity index (χ0n) is 11.1. The smallest absolute Gasteiger partial charge is 0.134 e. The van der Waals surface area contributed by atoms with Crippen molar-refractivity contribution in [1.82, 2.24) is 5.32 Å². The van der Waals surface area contributed by atoms with E-state index in [2.05, 4.69) is 36.7 Å². The van der Waals surface area contributed by atoms with Gasteiger partial charge in [-0.3, -0.25) is 0 Å². The summed E-state index contributed by atoms with van der Waals surface area (Å²) in [7, 11) is 0. The molecule has 0 spiro atoms. The number of furan rings is 1. The van der Waals surface area contributed by atoms with Gasteiger partial charge in [0.2, 0.25) is 0 Å². The van der Waals surface area contributed by atoms with Gasteiger partial charge < -0.3 is 9.73 Å². The number of hydrogen-bond acceptors (Lipinski definition) is 3. The fraction of sp³-hybridized carbons (Fsp3) is 0.467. The fourth-order valence-electron chi connectivity index (χ4n) is 2.07. The first-order chi connectivity index (χ1) is 8.85. The minimum atomic E-state index is 0.338. The average molecular weight is 263 g/mol. The van der Waals surface area contributed by atoms with Gasteiger partial charge in [0.15, 0.2) is 0 Å². The van der Waals surface area contributed by atoms with E-state index in [0.717, 1.165) is 36.5 Å². The summed E-state index contributed by atoms with van der Waals surface area (Å²) in [5.41, 5.74) is 0.986. The second kappa shape index (κ2) is 6.86. The Labute approximate surface area is 113 Å². The average Bonchev–Trinajstić information content (AvgIpc) is 2.82. The lowest BCUT2D eigenvalue weighted by molar-refractivity contribution is 0.423. The maximum Gasteiger partial charge on any atom is 0.134 e. The normalized spacial score (nSPS) is 13.0. The zero-order valence-corrected chi connectivity index (χ0v) is 11.9. The van der Waals surface area contributed by atoms with Crippen LogP contribution in [0.2, 0.25) is 0 Å². The van der Waals surface area contributed by atoms with Crippen molar-refractivity contribution in [3.05, 3.63) is 36.1 Å². The molecule has 1 heterocycles. The first-order valence-corrected chi connectivity index (χ1v) is 7.95. The number of hydrogen-bond donors (Lipinski definition) is 1. The Morgan fingerprint density at radius 2 is 2.17 bits per heavy atom. The van der Waals surface area contributed by atoms with Crippen molar-refractivity contribution < 1.29 is 4.42 Å². The maximum atomic E-state index is 5.95. The van der Waals surface area contributed by atoms with Crippen LogP contribution in [0.4, 0.5) is 0 Å². The Kier molecular flexibility index (Phi) is 5.14. The Bertz CT molecular complexity index is 439. The molecule has 1 aromatic heterocycles. The van der Waals surface area contributed by atoms with Gasteiger partial charge in [0.1, 0.15) is 11.3 Å². The second-order valence-electron chi connectivity index (χ2n) is 4.47. The lowest BCUT2D eigenvalue weighted by Gasteiger charge is -2.15. The van der Waals surface area contributed by atoms with Crippen molar-refractivity contribution >= 4 is 22.7 Å². The summed E-state index contributed by atoms with van der Waals surface area (Å²) in [6, 6.07) is 10.7. The molecule has 2 nitrogen and oxygen atoms in total. The highest BCUT2D eigenvalue weighted by Gasteiger charge is 2.15. The van der Waals surface area contributed by atoms with E-state index < -0.39 is 0 Å². The molecule has 0 saturated heterocycles. The zero-order chi connectivity index (χ0) is 12.8. The molecule has 3 heteroatoms. The summed E-state index contributed by atoms with van der Waals surface area (Å²) in [4.78, 5) is 0. The second-order valence-corrected chi connectivity index (χ2v) is 5.46. The highest BCUT2D eigenvalue weighted by atomic mass is 32.2. The van der Waals surface area contributed by atoms with Crippen LogP contribution in [-0.4, -0.2) is 18.6 Å². The van der Waals surface area contributed by atoms with E-state index in [9.17, 15) is 0 Å². The molecule has 0 fully saturated rings. The molecule has 0 bridgehead atoms. The minimum Gasteiger partial charge on any atom is -0.459 e. The summed E-state index contributed by atoms with van der Waals surface area (Å²) in [5.74, 6) is 2.22. The van der Waals surface area contributed by atoms with E-state index in [4.69, 9.17) is 4.42 Å². The summed E-state index contributed by atoms with van der Waals surface area (Å²) in [5, 5.41) is 4.77. The van der Waals surface area contributed by atoms with Crippen molar-refractivity contribution in [2.45, 2.75) is 25.8 Å². The third-order valence-corrected chi connectivity index (χ3v) is 3.68. The van der Waals surface area contributed by atoms with Crippen molar-refractivity contribution in [3.63, 3.8) is 0 Å². The molecule has 2 rings (SSSR count). The first-order valence-electron chi connectivity index (χ1n) is 6.56. The summed E-state index contributed by atoms with van der Waals surface area (Å²) in [6.45, 7) is 3.23. The molecule has 1 atom stereocenters. The third-order valence-electron chi connectivity index (χ3n) is 3.04. The Morgan fingerprint density at radius 1 is 1.33 bits per heavy atom. The van der Waals surface area contributed by atoms with Gasteiger partial charge >= 0.3 is 0 Å². The van der Waals surface area contributed by atoms with Gasteiger partial charge in [-0.1, -0.05) is 25.1 Å². The van der Waals surface area contributed by atoms with Gasteiger partial charge in [-0.05, 0) is 43.5 Å². The van der Waals surface area contributed by atoms with Crippen molar-refractivity contribution in [1.29, 1.82) is 0 Å². The molecule has 1 N–H and O–H groups in total. The molecule has 0 amide bonds. The number of fused-ring (bicyclic) bond motifs is 1. The number of nitrogens with one attached hydrogen (secondary N) is 1. The standard InChI is InChI=1S/C15H21NOS/c1-3-9-16-13(8-10-18-2)15-11-12-6-4-5-7-14(12)17-15/h4-7,11,13,16H,3,8-10H2,1-2H3.